The molecule has 0 saturated carbocycles. The third kappa shape index (κ3) is 5.19. The van der Waals surface area contributed by atoms with E-state index in [0.717, 1.165) is 18.6 Å². The zero-order chi connectivity index (χ0) is 13.4. The lowest BCUT2D eigenvalue weighted by atomic mass is 10.1. The van der Waals surface area contributed by atoms with Crippen molar-refractivity contribution >= 4 is 5.97 Å². The molecule has 1 heterocycles. The molecule has 1 aromatic heterocycles. The zero-order valence-electron chi connectivity index (χ0n) is 11.0. The predicted octanol–water partition coefficient (Wildman–Crippen LogP) is 2.61. The molecule has 0 aromatic carbocycles. The molecule has 1 unspecified atom stereocenters. The summed E-state index contributed by atoms with van der Waals surface area (Å²) >= 11 is 0. The quantitative estimate of drug-likeness (QED) is 0.697. The Balaban J connectivity index is 2.24. The fourth-order valence-electron chi connectivity index (χ4n) is 1.68. The van der Waals surface area contributed by atoms with Gasteiger partial charge < -0.3 is 14.8 Å². The molecule has 0 aliphatic carbocycles. The van der Waals surface area contributed by atoms with Crippen molar-refractivity contribution in [1.29, 1.82) is 0 Å². The maximum Gasteiger partial charge on any atom is 0.331 e. The third-order valence-corrected chi connectivity index (χ3v) is 2.87. The van der Waals surface area contributed by atoms with Crippen LogP contribution in [0.3, 0.4) is 0 Å². The summed E-state index contributed by atoms with van der Waals surface area (Å²) in [5.74, 6) is 0.154. The van der Waals surface area contributed by atoms with Crippen LogP contribution in [0.15, 0.2) is 34.5 Å². The van der Waals surface area contributed by atoms with Gasteiger partial charge in [-0.25, -0.2) is 4.79 Å². The molecule has 18 heavy (non-hydrogen) atoms. The van der Waals surface area contributed by atoms with Crippen molar-refractivity contribution in [2.24, 2.45) is 0 Å². The first kappa shape index (κ1) is 14.5. The number of carboxylic acid groups (broad SMARTS) is 1. The monoisotopic (exact) mass is 251 g/mol. The van der Waals surface area contributed by atoms with Gasteiger partial charge in [0.15, 0.2) is 0 Å². The first-order valence-corrected chi connectivity index (χ1v) is 6.31. The van der Waals surface area contributed by atoms with E-state index in [2.05, 4.69) is 12.2 Å². The van der Waals surface area contributed by atoms with Crippen LogP contribution in [0.2, 0.25) is 0 Å². The highest BCUT2D eigenvalue weighted by molar-refractivity contribution is 5.86. The van der Waals surface area contributed by atoms with Gasteiger partial charge in [-0.3, -0.25) is 0 Å². The minimum atomic E-state index is -0.831. The Bertz CT molecular complexity index is 382. The van der Waals surface area contributed by atoms with Gasteiger partial charge in [-0.1, -0.05) is 13.0 Å². The summed E-state index contributed by atoms with van der Waals surface area (Å²) in [6.07, 6.45) is 5.83. The van der Waals surface area contributed by atoms with Crippen molar-refractivity contribution in [1.82, 2.24) is 5.32 Å². The summed E-state index contributed by atoms with van der Waals surface area (Å²) < 4.78 is 5.26. The fraction of sp³-hybridized carbons (Fsp3) is 0.500. The summed E-state index contributed by atoms with van der Waals surface area (Å²) in [7, 11) is 0. The van der Waals surface area contributed by atoms with Gasteiger partial charge in [-0.2, -0.15) is 0 Å². The molecule has 0 fully saturated rings. The number of aryl methyl sites for hydroxylation is 1. The molecule has 4 nitrogen and oxygen atoms in total. The smallest absolute Gasteiger partial charge is 0.331 e. The molecule has 100 valence electrons. The van der Waals surface area contributed by atoms with E-state index in [9.17, 15) is 4.79 Å². The summed E-state index contributed by atoms with van der Waals surface area (Å²) in [6.45, 7) is 4.53. The van der Waals surface area contributed by atoms with Crippen LogP contribution in [0.25, 0.3) is 0 Å². The highest BCUT2D eigenvalue weighted by Gasteiger charge is 2.05. The standard InChI is InChI=1S/C14H21NO3/c1-3-12(14(16)17)8-9-15-11(2)6-7-13-5-4-10-18-13/h4-5,8,10-11,15H,3,6-7,9H2,1-2H3,(H,16,17)/b12-8-. The number of rotatable bonds is 8. The normalized spacial score (nSPS) is 13.6. The fourth-order valence-corrected chi connectivity index (χ4v) is 1.68. The zero-order valence-corrected chi connectivity index (χ0v) is 11.0. The van der Waals surface area contributed by atoms with E-state index in [1.54, 1.807) is 12.3 Å². The second kappa shape index (κ2) is 7.71. The Morgan fingerprint density at radius 1 is 1.61 bits per heavy atom. The van der Waals surface area contributed by atoms with Crippen LogP contribution in [0.4, 0.5) is 0 Å². The summed E-state index contributed by atoms with van der Waals surface area (Å²) in [6, 6.07) is 4.18. The minimum Gasteiger partial charge on any atom is -0.478 e. The van der Waals surface area contributed by atoms with Gasteiger partial charge in [0.25, 0.3) is 0 Å². The van der Waals surface area contributed by atoms with Gasteiger partial charge in [0.2, 0.25) is 0 Å². The minimum absolute atomic E-state index is 0.332. The average molecular weight is 251 g/mol. The first-order valence-electron chi connectivity index (χ1n) is 6.31. The maximum atomic E-state index is 10.8. The maximum absolute atomic E-state index is 10.8. The largest absolute Gasteiger partial charge is 0.478 e. The highest BCUT2D eigenvalue weighted by Crippen LogP contribution is 2.06. The molecule has 0 aliphatic heterocycles. The SMILES string of the molecule is CC/C(=C/CNC(C)CCc1ccco1)C(=O)O. The first-order chi connectivity index (χ1) is 8.63. The van der Waals surface area contributed by atoms with Gasteiger partial charge in [-0.15, -0.1) is 0 Å². The Morgan fingerprint density at radius 3 is 2.94 bits per heavy atom. The molecule has 0 amide bonds. The number of aliphatic carboxylic acids is 1. The van der Waals surface area contributed by atoms with Crippen LogP contribution < -0.4 is 5.32 Å². The lowest BCUT2D eigenvalue weighted by Gasteiger charge is -2.11. The van der Waals surface area contributed by atoms with Crippen LogP contribution in [0.5, 0.6) is 0 Å². The Kier molecular flexibility index (Phi) is 6.22. The van der Waals surface area contributed by atoms with Gasteiger partial charge in [0.05, 0.1) is 6.26 Å². The van der Waals surface area contributed by atoms with Crippen LogP contribution in [-0.2, 0) is 11.2 Å². The molecule has 0 spiro atoms. The number of carbonyl (C=O) groups is 1. The van der Waals surface area contributed by atoms with Crippen LogP contribution in [0.1, 0.15) is 32.4 Å². The molecule has 4 heteroatoms. The molecule has 0 bridgehead atoms. The van der Waals surface area contributed by atoms with Crippen molar-refractivity contribution in [3.05, 3.63) is 35.8 Å². The molecule has 0 aliphatic rings. The van der Waals surface area contributed by atoms with Crippen molar-refractivity contribution in [3.8, 4) is 0 Å². The van der Waals surface area contributed by atoms with Crippen molar-refractivity contribution in [2.75, 3.05) is 6.54 Å². The second-order valence-corrected chi connectivity index (χ2v) is 4.32. The third-order valence-electron chi connectivity index (χ3n) is 2.87. The number of hydrogen-bond donors (Lipinski definition) is 2. The van der Waals surface area contributed by atoms with Gasteiger partial charge in [-0.05, 0) is 31.9 Å². The van der Waals surface area contributed by atoms with Crippen molar-refractivity contribution in [3.63, 3.8) is 0 Å². The molecule has 2 N–H and O–H groups in total. The lowest BCUT2D eigenvalue weighted by molar-refractivity contribution is -0.132. The molecular formula is C14H21NO3. The van der Waals surface area contributed by atoms with Gasteiger partial charge in [0, 0.05) is 24.6 Å². The van der Waals surface area contributed by atoms with E-state index in [1.807, 2.05) is 19.1 Å². The molecule has 1 atom stereocenters. The summed E-state index contributed by atoms with van der Waals surface area (Å²) in [5.41, 5.74) is 0.459. The molecule has 0 saturated heterocycles. The van der Waals surface area contributed by atoms with Crippen LogP contribution >= 0.6 is 0 Å². The van der Waals surface area contributed by atoms with Crippen LogP contribution in [0, 0.1) is 0 Å². The number of hydrogen-bond acceptors (Lipinski definition) is 3. The number of carboxylic acids is 1. The molecule has 1 aromatic rings. The summed E-state index contributed by atoms with van der Waals surface area (Å²) in [4.78, 5) is 10.8. The lowest BCUT2D eigenvalue weighted by Crippen LogP contribution is -2.27. The van der Waals surface area contributed by atoms with E-state index in [-0.39, 0.29) is 0 Å². The van der Waals surface area contributed by atoms with E-state index in [0.29, 0.717) is 24.6 Å². The van der Waals surface area contributed by atoms with E-state index in [1.165, 1.54) is 0 Å². The van der Waals surface area contributed by atoms with E-state index in [4.69, 9.17) is 9.52 Å². The van der Waals surface area contributed by atoms with E-state index < -0.39 is 5.97 Å². The number of nitrogens with one attached hydrogen (secondary N) is 1. The van der Waals surface area contributed by atoms with Gasteiger partial charge >= 0.3 is 5.97 Å². The van der Waals surface area contributed by atoms with Crippen molar-refractivity contribution in [2.45, 2.75) is 39.2 Å². The predicted molar refractivity (Wildman–Crippen MR) is 70.5 cm³/mol. The second-order valence-electron chi connectivity index (χ2n) is 4.32. The Hall–Kier alpha value is -1.55. The molecular weight excluding hydrogens is 230 g/mol. The Labute approximate surface area is 108 Å². The highest BCUT2D eigenvalue weighted by atomic mass is 16.4. The average Bonchev–Trinajstić information content (AvgIpc) is 2.84. The van der Waals surface area contributed by atoms with Crippen LogP contribution in [-0.4, -0.2) is 23.7 Å². The summed E-state index contributed by atoms with van der Waals surface area (Å²) in [5, 5.41) is 12.1. The Morgan fingerprint density at radius 2 is 2.39 bits per heavy atom. The van der Waals surface area contributed by atoms with Gasteiger partial charge in [0.1, 0.15) is 5.76 Å². The van der Waals surface area contributed by atoms with Crippen molar-refractivity contribution < 1.29 is 14.3 Å². The topological polar surface area (TPSA) is 62.5 Å². The number of furan rings is 1. The molecule has 0 radical (unpaired) electrons. The molecule has 1 rings (SSSR count). The van der Waals surface area contributed by atoms with E-state index >= 15 is 0 Å².